The minimum Gasteiger partial charge on any atom is -0.324 e. The number of amides is 2. The van der Waals surface area contributed by atoms with Gasteiger partial charge in [-0.2, -0.15) is 5.10 Å². The lowest BCUT2D eigenvalue weighted by Crippen LogP contribution is -2.36. The molecule has 3 rings (SSSR count). The van der Waals surface area contributed by atoms with Crippen LogP contribution in [0, 0.1) is 0 Å². The van der Waals surface area contributed by atoms with Gasteiger partial charge in [0, 0.05) is 9.50 Å². The molecule has 0 bridgehead atoms. The van der Waals surface area contributed by atoms with Crippen molar-refractivity contribution in [2.45, 2.75) is 0 Å². The van der Waals surface area contributed by atoms with E-state index in [9.17, 15) is 9.59 Å². The number of anilines is 2. The maximum Gasteiger partial charge on any atom is 0.238 e. The lowest BCUT2D eigenvalue weighted by Gasteiger charge is -2.17. The molecule has 1 aromatic heterocycles. The molecule has 3 aromatic rings. The molecular weight excluding hydrogens is 460 g/mol. The van der Waals surface area contributed by atoms with Gasteiger partial charge in [-0.3, -0.25) is 14.5 Å². The number of aromatic nitrogens is 3. The molecule has 0 radical (unpaired) electrons. The van der Waals surface area contributed by atoms with Crippen molar-refractivity contribution in [3.63, 3.8) is 0 Å². The Morgan fingerprint density at radius 1 is 1.10 bits per heavy atom. The van der Waals surface area contributed by atoms with Crippen LogP contribution in [0.15, 0.2) is 59.6 Å². The zero-order valence-corrected chi connectivity index (χ0v) is 17.8. The van der Waals surface area contributed by atoms with Crippen molar-refractivity contribution in [3.05, 3.63) is 64.6 Å². The van der Waals surface area contributed by atoms with Gasteiger partial charge in [0.05, 0.1) is 30.2 Å². The summed E-state index contributed by atoms with van der Waals surface area (Å²) >= 11 is 9.44. The number of hydrogen-bond acceptors (Lipinski definition) is 5. The number of benzene rings is 2. The third-order valence-corrected chi connectivity index (χ3v) is 4.80. The van der Waals surface area contributed by atoms with Gasteiger partial charge in [0.15, 0.2) is 0 Å². The number of nitrogens with zero attached hydrogens (tertiary/aromatic N) is 4. The average Bonchev–Trinajstić information content (AvgIpc) is 3.18. The largest absolute Gasteiger partial charge is 0.324 e. The maximum atomic E-state index is 12.5. The summed E-state index contributed by atoms with van der Waals surface area (Å²) in [6.45, 7) is 0.0763. The second kappa shape index (κ2) is 9.64. The second-order valence-corrected chi connectivity index (χ2v) is 7.54. The monoisotopic (exact) mass is 476 g/mol. The van der Waals surface area contributed by atoms with Gasteiger partial charge in [0.1, 0.15) is 12.7 Å². The molecule has 29 heavy (non-hydrogen) atoms. The fourth-order valence-electron chi connectivity index (χ4n) is 2.63. The van der Waals surface area contributed by atoms with Gasteiger partial charge in [-0.1, -0.05) is 23.7 Å². The molecule has 0 saturated heterocycles. The first-order valence-corrected chi connectivity index (χ1v) is 9.77. The molecule has 0 aliphatic carbocycles. The predicted octanol–water partition coefficient (Wildman–Crippen LogP) is 3.19. The lowest BCUT2D eigenvalue weighted by molar-refractivity contribution is -0.119. The number of carbonyl (C=O) groups excluding carboxylic acids is 2. The third kappa shape index (κ3) is 5.86. The minimum atomic E-state index is -0.287. The first kappa shape index (κ1) is 21.0. The second-order valence-electron chi connectivity index (χ2n) is 6.25. The quantitative estimate of drug-likeness (QED) is 0.545. The average molecular weight is 478 g/mol. The van der Waals surface area contributed by atoms with Crippen LogP contribution in [0.1, 0.15) is 0 Å². The molecule has 8 nitrogen and oxygen atoms in total. The number of carbonyl (C=O) groups is 2. The Balaban J connectivity index is 1.59. The summed E-state index contributed by atoms with van der Waals surface area (Å²) in [7, 11) is 1.69. The van der Waals surface area contributed by atoms with Gasteiger partial charge in [0.25, 0.3) is 0 Å². The van der Waals surface area contributed by atoms with Gasteiger partial charge in [0.2, 0.25) is 11.8 Å². The fraction of sp³-hybridized carbons (Fsp3) is 0.158. The Kier molecular flexibility index (Phi) is 6.97. The van der Waals surface area contributed by atoms with Crippen LogP contribution >= 0.6 is 27.5 Å². The topological polar surface area (TPSA) is 92.2 Å². The highest BCUT2D eigenvalue weighted by molar-refractivity contribution is 9.10. The summed E-state index contributed by atoms with van der Waals surface area (Å²) in [5.74, 6) is -0.511. The molecule has 0 spiro atoms. The normalized spacial score (nSPS) is 10.8. The minimum absolute atomic E-state index is 0.0205. The van der Waals surface area contributed by atoms with E-state index in [0.717, 1.165) is 4.47 Å². The zero-order chi connectivity index (χ0) is 20.8. The molecule has 150 valence electrons. The molecule has 0 aliphatic rings. The molecule has 2 N–H and O–H groups in total. The maximum absolute atomic E-state index is 12.5. The van der Waals surface area contributed by atoms with Crippen LogP contribution in [0.3, 0.4) is 0 Å². The third-order valence-electron chi connectivity index (χ3n) is 3.87. The van der Waals surface area contributed by atoms with Gasteiger partial charge in [-0.05, 0) is 53.3 Å². The van der Waals surface area contributed by atoms with E-state index in [0.29, 0.717) is 22.1 Å². The fourth-order valence-corrected chi connectivity index (χ4v) is 3.19. The molecule has 0 saturated carbocycles. The van der Waals surface area contributed by atoms with Crippen molar-refractivity contribution in [2.24, 2.45) is 0 Å². The molecule has 2 amide bonds. The lowest BCUT2D eigenvalue weighted by atomic mass is 10.2. The summed E-state index contributed by atoms with van der Waals surface area (Å²) in [5, 5.41) is 10.2. The van der Waals surface area contributed by atoms with E-state index in [1.54, 1.807) is 36.2 Å². The van der Waals surface area contributed by atoms with E-state index in [4.69, 9.17) is 11.6 Å². The molecule has 1 heterocycles. The summed E-state index contributed by atoms with van der Waals surface area (Å²) in [6.07, 6.45) is 2.93. The van der Waals surface area contributed by atoms with Crippen LogP contribution in [-0.2, 0) is 9.59 Å². The van der Waals surface area contributed by atoms with Crippen molar-refractivity contribution >= 4 is 50.7 Å². The van der Waals surface area contributed by atoms with Crippen LogP contribution in [0.25, 0.3) is 5.69 Å². The Hall–Kier alpha value is -2.75. The van der Waals surface area contributed by atoms with Gasteiger partial charge < -0.3 is 10.6 Å². The predicted molar refractivity (Wildman–Crippen MR) is 115 cm³/mol. The number of likely N-dealkylation sites (N-methyl/N-ethyl adjacent to an activating group) is 1. The number of para-hydroxylation sites is 1. The van der Waals surface area contributed by atoms with Crippen molar-refractivity contribution in [1.29, 1.82) is 0 Å². The highest BCUT2D eigenvalue weighted by Gasteiger charge is 2.14. The van der Waals surface area contributed by atoms with E-state index in [1.807, 2.05) is 18.2 Å². The van der Waals surface area contributed by atoms with Crippen LogP contribution in [-0.4, -0.2) is 51.6 Å². The van der Waals surface area contributed by atoms with Crippen LogP contribution in [0.5, 0.6) is 0 Å². The highest BCUT2D eigenvalue weighted by atomic mass is 79.9. The Bertz CT molecular complexity index is 1010. The van der Waals surface area contributed by atoms with E-state index >= 15 is 0 Å². The smallest absolute Gasteiger partial charge is 0.238 e. The standard InChI is InChI=1S/C19H18BrClN6O2/c1-26(9-18(28)24-15-5-3-2-4-14(15)20)10-19(29)25-16-8-13(21)6-7-17(16)27-12-22-11-23-27/h2-8,11-12H,9-10H2,1H3,(H,24,28)(H,25,29). The van der Waals surface area contributed by atoms with E-state index in [-0.39, 0.29) is 24.9 Å². The first-order chi connectivity index (χ1) is 13.9. The zero-order valence-electron chi connectivity index (χ0n) is 15.5. The molecule has 10 heteroatoms. The van der Waals surface area contributed by atoms with Crippen molar-refractivity contribution in [1.82, 2.24) is 19.7 Å². The Morgan fingerprint density at radius 3 is 2.45 bits per heavy atom. The van der Waals surface area contributed by atoms with Gasteiger partial charge >= 0.3 is 0 Å². The molecule has 2 aromatic carbocycles. The SMILES string of the molecule is CN(CC(=O)Nc1ccccc1Br)CC(=O)Nc1cc(Cl)ccc1-n1cncn1. The molecule has 0 fully saturated rings. The summed E-state index contributed by atoms with van der Waals surface area (Å²) in [5.41, 5.74) is 1.81. The van der Waals surface area contributed by atoms with E-state index in [2.05, 4.69) is 36.6 Å². The first-order valence-electron chi connectivity index (χ1n) is 8.59. The number of halogens is 2. The summed E-state index contributed by atoms with van der Waals surface area (Å²) in [4.78, 5) is 30.2. The van der Waals surface area contributed by atoms with Gasteiger partial charge in [-0.15, -0.1) is 0 Å². The van der Waals surface area contributed by atoms with Crippen LogP contribution in [0.2, 0.25) is 5.02 Å². The van der Waals surface area contributed by atoms with Crippen molar-refractivity contribution in [2.75, 3.05) is 30.8 Å². The van der Waals surface area contributed by atoms with Crippen LogP contribution < -0.4 is 10.6 Å². The summed E-state index contributed by atoms with van der Waals surface area (Å²) < 4.78 is 2.32. The van der Waals surface area contributed by atoms with E-state index < -0.39 is 0 Å². The van der Waals surface area contributed by atoms with Gasteiger partial charge in [-0.25, -0.2) is 9.67 Å². The Morgan fingerprint density at radius 2 is 1.79 bits per heavy atom. The molecular formula is C19H18BrClN6O2. The van der Waals surface area contributed by atoms with E-state index in [1.165, 1.54) is 17.3 Å². The number of hydrogen-bond donors (Lipinski definition) is 2. The highest BCUT2D eigenvalue weighted by Crippen LogP contribution is 2.24. The number of nitrogens with one attached hydrogen (secondary N) is 2. The van der Waals surface area contributed by atoms with Crippen molar-refractivity contribution in [3.8, 4) is 5.69 Å². The molecule has 0 unspecified atom stereocenters. The molecule has 0 aliphatic heterocycles. The summed E-state index contributed by atoms with van der Waals surface area (Å²) in [6, 6.07) is 12.4. The molecule has 0 atom stereocenters. The number of rotatable bonds is 7. The van der Waals surface area contributed by atoms with Crippen molar-refractivity contribution < 1.29 is 9.59 Å². The van der Waals surface area contributed by atoms with Crippen LogP contribution in [0.4, 0.5) is 11.4 Å². The Labute approximate surface area is 181 Å².